The fourth-order valence-electron chi connectivity index (χ4n) is 2.89. The van der Waals surface area contributed by atoms with E-state index in [4.69, 9.17) is 0 Å². The Morgan fingerprint density at radius 3 is 2.38 bits per heavy atom. The lowest BCUT2D eigenvalue weighted by atomic mass is 10.0. The van der Waals surface area contributed by atoms with Crippen LogP contribution in [0.4, 0.5) is 10.1 Å². The molecule has 2 aromatic carbocycles. The number of sulfonamides is 2. The zero-order valence-corrected chi connectivity index (χ0v) is 15.8. The lowest BCUT2D eigenvalue weighted by Gasteiger charge is -2.27. The van der Waals surface area contributed by atoms with E-state index in [0.717, 1.165) is 17.4 Å². The molecule has 0 unspecified atom stereocenters. The summed E-state index contributed by atoms with van der Waals surface area (Å²) in [5.41, 5.74) is 2.64. The highest BCUT2D eigenvalue weighted by Crippen LogP contribution is 2.25. The van der Waals surface area contributed by atoms with Gasteiger partial charge in [0.1, 0.15) is 5.82 Å². The van der Waals surface area contributed by atoms with Gasteiger partial charge in [0.05, 0.1) is 12.0 Å². The van der Waals surface area contributed by atoms with Crippen molar-refractivity contribution < 1.29 is 21.2 Å². The first kappa shape index (κ1) is 18.8. The summed E-state index contributed by atoms with van der Waals surface area (Å²) in [5.74, 6) is -0.705. The van der Waals surface area contributed by atoms with Crippen LogP contribution in [0.2, 0.25) is 0 Å². The van der Waals surface area contributed by atoms with Crippen LogP contribution in [0.25, 0.3) is 0 Å². The molecule has 1 aliphatic heterocycles. The number of anilines is 1. The van der Waals surface area contributed by atoms with Crippen LogP contribution in [0.5, 0.6) is 0 Å². The molecule has 6 nitrogen and oxygen atoms in total. The number of hydrogen-bond acceptors (Lipinski definition) is 4. The van der Waals surface area contributed by atoms with Crippen molar-refractivity contribution in [3.63, 3.8) is 0 Å². The molecule has 2 aromatic rings. The van der Waals surface area contributed by atoms with Gasteiger partial charge in [-0.1, -0.05) is 18.2 Å². The van der Waals surface area contributed by atoms with E-state index in [-0.39, 0.29) is 12.3 Å². The second kappa shape index (κ2) is 6.98. The van der Waals surface area contributed by atoms with Gasteiger partial charge in [-0.15, -0.1) is 0 Å². The quantitative estimate of drug-likeness (QED) is 0.836. The summed E-state index contributed by atoms with van der Waals surface area (Å²) < 4.78 is 64.9. The van der Waals surface area contributed by atoms with Crippen LogP contribution in [0.3, 0.4) is 0 Å². The van der Waals surface area contributed by atoms with Crippen molar-refractivity contribution in [1.82, 2.24) is 4.31 Å². The van der Waals surface area contributed by atoms with Crippen LogP contribution in [0, 0.1) is 5.82 Å². The van der Waals surface area contributed by atoms with E-state index in [1.54, 1.807) is 12.1 Å². The number of rotatable bonds is 5. The molecule has 0 atom stereocenters. The van der Waals surface area contributed by atoms with Crippen molar-refractivity contribution in [2.24, 2.45) is 0 Å². The fourth-order valence-corrected chi connectivity index (χ4v) is 4.88. The number of nitrogens with one attached hydrogen (secondary N) is 1. The Kier molecular flexibility index (Phi) is 5.05. The van der Waals surface area contributed by atoms with Crippen molar-refractivity contribution >= 4 is 25.7 Å². The molecule has 0 saturated heterocycles. The Hall–Kier alpha value is -1.97. The molecule has 9 heteroatoms. The molecule has 1 heterocycles. The minimum absolute atomic E-state index is 0.224. The molecule has 0 aromatic heterocycles. The summed E-state index contributed by atoms with van der Waals surface area (Å²) in [5, 5.41) is 0. The minimum Gasteiger partial charge on any atom is -0.283 e. The third-order valence-electron chi connectivity index (χ3n) is 4.20. The van der Waals surface area contributed by atoms with E-state index in [1.807, 2.05) is 6.07 Å². The summed E-state index contributed by atoms with van der Waals surface area (Å²) in [6, 6.07) is 10.4. The molecule has 26 heavy (non-hydrogen) atoms. The SMILES string of the molecule is CS(=O)(=O)N1CCc2ccc(NS(=O)(=O)Cc3ccc(F)cc3)cc2C1. The molecule has 0 aliphatic carbocycles. The molecular weight excluding hydrogens is 379 g/mol. The monoisotopic (exact) mass is 398 g/mol. The lowest BCUT2D eigenvalue weighted by Crippen LogP contribution is -2.35. The summed E-state index contributed by atoms with van der Waals surface area (Å²) in [6.07, 6.45) is 1.75. The van der Waals surface area contributed by atoms with Gasteiger partial charge in [0.25, 0.3) is 0 Å². The topological polar surface area (TPSA) is 83.6 Å². The van der Waals surface area contributed by atoms with E-state index in [0.29, 0.717) is 24.2 Å². The van der Waals surface area contributed by atoms with Crippen molar-refractivity contribution in [1.29, 1.82) is 0 Å². The summed E-state index contributed by atoms with van der Waals surface area (Å²) in [6.45, 7) is 0.642. The third kappa shape index (κ3) is 4.60. The van der Waals surface area contributed by atoms with E-state index >= 15 is 0 Å². The van der Waals surface area contributed by atoms with Gasteiger partial charge in [-0.2, -0.15) is 4.31 Å². The molecule has 140 valence electrons. The largest absolute Gasteiger partial charge is 0.283 e. The number of fused-ring (bicyclic) bond motifs is 1. The molecule has 0 spiro atoms. The highest BCUT2D eigenvalue weighted by Gasteiger charge is 2.23. The first-order chi connectivity index (χ1) is 12.1. The van der Waals surface area contributed by atoms with Crippen LogP contribution < -0.4 is 4.72 Å². The second-order valence-electron chi connectivity index (χ2n) is 6.32. The normalized spacial score (nSPS) is 15.5. The van der Waals surface area contributed by atoms with E-state index < -0.39 is 25.9 Å². The molecule has 3 rings (SSSR count). The highest BCUT2D eigenvalue weighted by molar-refractivity contribution is 7.91. The standard InChI is InChI=1S/C17H19FN2O4S2/c1-25(21,22)20-9-8-14-4-7-17(10-15(14)11-20)19-26(23,24)12-13-2-5-16(18)6-3-13/h2-7,10,19H,8-9,11-12H2,1H3. The van der Waals surface area contributed by atoms with E-state index in [2.05, 4.69) is 4.72 Å². The predicted octanol–water partition coefficient (Wildman–Crippen LogP) is 2.09. The minimum atomic E-state index is -3.67. The number of benzene rings is 2. The zero-order chi connectivity index (χ0) is 18.9. The predicted molar refractivity (Wildman–Crippen MR) is 98.0 cm³/mol. The third-order valence-corrected chi connectivity index (χ3v) is 6.71. The lowest BCUT2D eigenvalue weighted by molar-refractivity contribution is 0.395. The molecule has 1 N–H and O–H groups in total. The molecule has 0 bridgehead atoms. The summed E-state index contributed by atoms with van der Waals surface area (Å²) >= 11 is 0. The maximum atomic E-state index is 12.9. The average Bonchev–Trinajstić information content (AvgIpc) is 2.55. The van der Waals surface area contributed by atoms with Gasteiger partial charge >= 0.3 is 0 Å². The summed E-state index contributed by atoms with van der Waals surface area (Å²) in [4.78, 5) is 0. The molecule has 0 radical (unpaired) electrons. The molecule has 0 saturated carbocycles. The smallest absolute Gasteiger partial charge is 0.236 e. The zero-order valence-electron chi connectivity index (χ0n) is 14.1. The van der Waals surface area contributed by atoms with Crippen LogP contribution in [-0.4, -0.2) is 33.9 Å². The Labute approximate surface area is 152 Å². The van der Waals surface area contributed by atoms with Crippen molar-refractivity contribution in [3.8, 4) is 0 Å². The van der Waals surface area contributed by atoms with Gasteiger partial charge in [-0.05, 0) is 47.4 Å². The number of nitrogens with zero attached hydrogens (tertiary/aromatic N) is 1. The van der Waals surface area contributed by atoms with Crippen LogP contribution >= 0.6 is 0 Å². The van der Waals surface area contributed by atoms with Gasteiger partial charge in [0.2, 0.25) is 20.0 Å². The number of halogens is 1. The van der Waals surface area contributed by atoms with Crippen molar-refractivity contribution in [2.75, 3.05) is 17.5 Å². The molecule has 1 aliphatic rings. The number of hydrogen-bond donors (Lipinski definition) is 1. The van der Waals surface area contributed by atoms with E-state index in [1.165, 1.54) is 28.6 Å². The van der Waals surface area contributed by atoms with Crippen LogP contribution in [-0.2, 0) is 38.8 Å². The second-order valence-corrected chi connectivity index (χ2v) is 10.0. The molecular formula is C17H19FN2O4S2. The maximum Gasteiger partial charge on any atom is 0.236 e. The van der Waals surface area contributed by atoms with Gasteiger partial charge < -0.3 is 0 Å². The first-order valence-corrected chi connectivity index (χ1v) is 11.4. The highest BCUT2D eigenvalue weighted by atomic mass is 32.2. The van der Waals surface area contributed by atoms with Crippen molar-refractivity contribution in [3.05, 3.63) is 65.0 Å². The fraction of sp³-hybridized carbons (Fsp3) is 0.294. The molecule has 0 fully saturated rings. The summed E-state index contributed by atoms with van der Waals surface area (Å²) in [7, 11) is -6.97. The van der Waals surface area contributed by atoms with Gasteiger partial charge in [-0.25, -0.2) is 21.2 Å². The Morgan fingerprint density at radius 1 is 1.04 bits per heavy atom. The first-order valence-electron chi connectivity index (χ1n) is 7.94. The van der Waals surface area contributed by atoms with Gasteiger partial charge in [0.15, 0.2) is 0 Å². The van der Waals surface area contributed by atoms with Crippen molar-refractivity contribution in [2.45, 2.75) is 18.7 Å². The molecule has 0 amide bonds. The maximum absolute atomic E-state index is 12.9. The van der Waals surface area contributed by atoms with Crippen LogP contribution in [0.15, 0.2) is 42.5 Å². The Bertz CT molecular complexity index is 1020. The average molecular weight is 398 g/mol. The van der Waals surface area contributed by atoms with Gasteiger partial charge in [0, 0.05) is 18.8 Å². The van der Waals surface area contributed by atoms with Crippen LogP contribution in [0.1, 0.15) is 16.7 Å². The van der Waals surface area contributed by atoms with E-state index in [9.17, 15) is 21.2 Å². The Morgan fingerprint density at radius 2 is 1.73 bits per heavy atom. The van der Waals surface area contributed by atoms with Gasteiger partial charge in [-0.3, -0.25) is 4.72 Å². The Balaban J connectivity index is 1.77.